The molecule has 0 saturated carbocycles. The number of likely N-dealkylation sites (tertiary alicyclic amines) is 1. The molecule has 4 heteroatoms. The number of carbonyl (C=O) groups excluding carboxylic acids is 1. The maximum atomic E-state index is 12.5. The molecule has 2 aromatic rings. The van der Waals surface area contributed by atoms with Gasteiger partial charge in [-0.3, -0.25) is 9.78 Å². The molecule has 2 heterocycles. The van der Waals surface area contributed by atoms with Crippen molar-refractivity contribution in [1.29, 1.82) is 0 Å². The van der Waals surface area contributed by atoms with Crippen LogP contribution in [0.15, 0.2) is 54.9 Å². The number of methoxy groups -OCH3 is 1. The zero-order chi connectivity index (χ0) is 16.8. The zero-order valence-electron chi connectivity index (χ0n) is 14.1. The highest BCUT2D eigenvalue weighted by atomic mass is 16.5. The first-order valence-electron chi connectivity index (χ1n) is 8.50. The Morgan fingerprint density at radius 1 is 1.12 bits per heavy atom. The highest BCUT2D eigenvalue weighted by Crippen LogP contribution is 2.36. The summed E-state index contributed by atoms with van der Waals surface area (Å²) in [6.07, 6.45) is 6.30. The molecule has 0 unspecified atom stereocenters. The first-order chi connectivity index (χ1) is 11.7. The minimum Gasteiger partial charge on any atom is -0.468 e. The summed E-state index contributed by atoms with van der Waals surface area (Å²) in [7, 11) is 1.49. The third-order valence-electron chi connectivity index (χ3n) is 5.08. The molecule has 3 rings (SSSR count). The number of rotatable bonds is 5. The van der Waals surface area contributed by atoms with Gasteiger partial charge in [-0.2, -0.15) is 0 Å². The second-order valence-corrected chi connectivity index (χ2v) is 6.39. The Morgan fingerprint density at radius 2 is 1.79 bits per heavy atom. The lowest BCUT2D eigenvalue weighted by atomic mass is 9.72. The number of esters is 1. The van der Waals surface area contributed by atoms with Crippen LogP contribution in [0.4, 0.5) is 0 Å². The highest BCUT2D eigenvalue weighted by Gasteiger charge is 2.43. The molecule has 1 saturated heterocycles. The van der Waals surface area contributed by atoms with Crippen molar-refractivity contribution in [3.05, 3.63) is 66.0 Å². The van der Waals surface area contributed by atoms with Crippen molar-refractivity contribution in [3.63, 3.8) is 0 Å². The summed E-state index contributed by atoms with van der Waals surface area (Å²) in [5, 5.41) is 0. The largest absolute Gasteiger partial charge is 0.468 e. The van der Waals surface area contributed by atoms with Crippen LogP contribution in [0.25, 0.3) is 0 Å². The van der Waals surface area contributed by atoms with E-state index in [9.17, 15) is 4.79 Å². The molecule has 0 radical (unpaired) electrons. The van der Waals surface area contributed by atoms with Crippen LogP contribution in [0.2, 0.25) is 0 Å². The average molecular weight is 324 g/mol. The topological polar surface area (TPSA) is 42.4 Å². The third kappa shape index (κ3) is 3.49. The third-order valence-corrected chi connectivity index (χ3v) is 5.08. The van der Waals surface area contributed by atoms with Gasteiger partial charge in [0.1, 0.15) is 0 Å². The molecular weight excluding hydrogens is 300 g/mol. The molecule has 1 fully saturated rings. The molecule has 0 N–H and O–H groups in total. The molecule has 126 valence electrons. The average Bonchev–Trinajstić information content (AvgIpc) is 2.67. The Kier molecular flexibility index (Phi) is 5.26. The summed E-state index contributed by atoms with van der Waals surface area (Å²) in [6, 6.07) is 14.2. The maximum absolute atomic E-state index is 12.5. The van der Waals surface area contributed by atoms with E-state index < -0.39 is 5.41 Å². The van der Waals surface area contributed by atoms with E-state index in [0.717, 1.165) is 44.5 Å². The quantitative estimate of drug-likeness (QED) is 0.793. The summed E-state index contributed by atoms with van der Waals surface area (Å²) < 4.78 is 5.15. The number of hydrogen-bond donors (Lipinski definition) is 0. The molecule has 1 aliphatic rings. The van der Waals surface area contributed by atoms with Crippen LogP contribution in [-0.2, 0) is 21.4 Å². The number of hydrogen-bond acceptors (Lipinski definition) is 4. The summed E-state index contributed by atoms with van der Waals surface area (Å²) >= 11 is 0. The van der Waals surface area contributed by atoms with E-state index >= 15 is 0 Å². The van der Waals surface area contributed by atoms with Crippen LogP contribution in [-0.4, -0.2) is 42.6 Å². The van der Waals surface area contributed by atoms with Crippen LogP contribution in [0, 0.1) is 0 Å². The van der Waals surface area contributed by atoms with Gasteiger partial charge >= 0.3 is 5.97 Å². The van der Waals surface area contributed by atoms with E-state index in [2.05, 4.69) is 22.0 Å². The molecule has 1 aromatic carbocycles. The molecular formula is C20H24N2O2. The number of benzene rings is 1. The lowest BCUT2D eigenvalue weighted by Crippen LogP contribution is -2.48. The number of ether oxygens (including phenoxy) is 1. The summed E-state index contributed by atoms with van der Waals surface area (Å²) in [5.41, 5.74) is 1.88. The smallest absolute Gasteiger partial charge is 0.316 e. The fourth-order valence-corrected chi connectivity index (χ4v) is 3.56. The van der Waals surface area contributed by atoms with Gasteiger partial charge in [-0.05, 0) is 55.6 Å². The van der Waals surface area contributed by atoms with Crippen molar-refractivity contribution in [2.24, 2.45) is 0 Å². The molecule has 1 aromatic heterocycles. The predicted molar refractivity (Wildman–Crippen MR) is 93.8 cm³/mol. The van der Waals surface area contributed by atoms with Crippen molar-refractivity contribution in [1.82, 2.24) is 9.88 Å². The predicted octanol–water partition coefficient (Wildman–Crippen LogP) is 2.83. The fourth-order valence-electron chi connectivity index (χ4n) is 3.56. The van der Waals surface area contributed by atoms with Gasteiger partial charge in [0, 0.05) is 18.9 Å². The van der Waals surface area contributed by atoms with Gasteiger partial charge in [0.25, 0.3) is 0 Å². The Morgan fingerprint density at radius 3 is 2.42 bits per heavy atom. The van der Waals surface area contributed by atoms with Crippen LogP contribution in [0.5, 0.6) is 0 Å². The van der Waals surface area contributed by atoms with Crippen molar-refractivity contribution in [2.75, 3.05) is 26.7 Å². The van der Waals surface area contributed by atoms with E-state index in [1.807, 2.05) is 42.7 Å². The molecule has 1 aliphatic heterocycles. The number of nitrogens with zero attached hydrogens (tertiary/aromatic N) is 2. The normalized spacial score (nSPS) is 17.4. The number of pyridine rings is 1. The Hall–Kier alpha value is -2.20. The van der Waals surface area contributed by atoms with Crippen molar-refractivity contribution < 1.29 is 9.53 Å². The van der Waals surface area contributed by atoms with Gasteiger partial charge in [-0.15, -0.1) is 0 Å². The molecule has 4 nitrogen and oxygen atoms in total. The van der Waals surface area contributed by atoms with Gasteiger partial charge in [0.2, 0.25) is 0 Å². The lowest BCUT2D eigenvalue weighted by Gasteiger charge is -2.40. The molecule has 0 aliphatic carbocycles. The number of carbonyl (C=O) groups is 1. The number of aromatic nitrogens is 1. The van der Waals surface area contributed by atoms with Crippen LogP contribution in [0.1, 0.15) is 24.0 Å². The van der Waals surface area contributed by atoms with Gasteiger partial charge in [-0.25, -0.2) is 0 Å². The van der Waals surface area contributed by atoms with Crippen LogP contribution >= 0.6 is 0 Å². The summed E-state index contributed by atoms with van der Waals surface area (Å²) in [4.78, 5) is 19.0. The second kappa shape index (κ2) is 7.58. The molecule has 0 atom stereocenters. The molecule has 0 bridgehead atoms. The highest BCUT2D eigenvalue weighted by molar-refractivity contribution is 5.83. The standard InChI is InChI=1S/C20H24N2O2/c1-24-19(23)20(18-5-3-2-4-6-18)10-15-22(16-11-20)14-9-17-7-12-21-13-8-17/h2-8,12-13H,9-11,14-16H2,1H3. The van der Waals surface area contributed by atoms with Gasteiger partial charge < -0.3 is 9.64 Å². The van der Waals surface area contributed by atoms with Crippen LogP contribution in [0.3, 0.4) is 0 Å². The van der Waals surface area contributed by atoms with E-state index in [4.69, 9.17) is 4.74 Å². The van der Waals surface area contributed by atoms with E-state index in [-0.39, 0.29) is 5.97 Å². The van der Waals surface area contributed by atoms with Gasteiger partial charge in [-0.1, -0.05) is 30.3 Å². The summed E-state index contributed by atoms with van der Waals surface area (Å²) in [6.45, 7) is 2.83. The van der Waals surface area contributed by atoms with Gasteiger partial charge in [0.15, 0.2) is 0 Å². The van der Waals surface area contributed by atoms with E-state index in [1.54, 1.807) is 0 Å². The van der Waals surface area contributed by atoms with Crippen LogP contribution < -0.4 is 0 Å². The minimum atomic E-state index is -0.497. The maximum Gasteiger partial charge on any atom is 0.316 e. The Labute approximate surface area is 143 Å². The lowest BCUT2D eigenvalue weighted by molar-refractivity contribution is -0.149. The minimum absolute atomic E-state index is 0.109. The first-order valence-corrected chi connectivity index (χ1v) is 8.50. The Bertz CT molecular complexity index is 650. The van der Waals surface area contributed by atoms with Crippen molar-refractivity contribution >= 4 is 5.97 Å². The van der Waals surface area contributed by atoms with E-state index in [1.165, 1.54) is 12.7 Å². The monoisotopic (exact) mass is 324 g/mol. The summed E-state index contributed by atoms with van der Waals surface area (Å²) in [5.74, 6) is -0.109. The first kappa shape index (κ1) is 16.7. The molecule has 0 amide bonds. The molecule has 0 spiro atoms. The van der Waals surface area contributed by atoms with Crippen molar-refractivity contribution in [2.45, 2.75) is 24.7 Å². The van der Waals surface area contributed by atoms with E-state index in [0.29, 0.717) is 0 Å². The number of piperidine rings is 1. The second-order valence-electron chi connectivity index (χ2n) is 6.39. The van der Waals surface area contributed by atoms with Crippen molar-refractivity contribution in [3.8, 4) is 0 Å². The molecule has 24 heavy (non-hydrogen) atoms. The SMILES string of the molecule is COC(=O)C1(c2ccccc2)CCN(CCc2ccncc2)CC1. The zero-order valence-corrected chi connectivity index (χ0v) is 14.1. The Balaban J connectivity index is 1.65. The fraction of sp³-hybridized carbons (Fsp3) is 0.400. The van der Waals surface area contributed by atoms with Gasteiger partial charge in [0.05, 0.1) is 12.5 Å².